The van der Waals surface area contributed by atoms with Crippen LogP contribution < -0.4 is 0 Å². The van der Waals surface area contributed by atoms with Gasteiger partial charge in [-0.05, 0) is 30.7 Å². The second-order valence-electron chi connectivity index (χ2n) is 4.59. The van der Waals surface area contributed by atoms with E-state index in [9.17, 15) is 9.59 Å². The predicted octanol–water partition coefficient (Wildman–Crippen LogP) is 1.60. The Hall–Kier alpha value is -1.68. The molecule has 0 aliphatic carbocycles. The SMILES string of the molecule is O=CC(=O)ON1CCC(Cc2ccccc2)CC1. The minimum Gasteiger partial charge on any atom is -0.362 e. The van der Waals surface area contributed by atoms with Crippen LogP contribution in [0.1, 0.15) is 18.4 Å². The van der Waals surface area contributed by atoms with Crippen LogP contribution in [0.2, 0.25) is 0 Å². The Morgan fingerprint density at radius 2 is 1.94 bits per heavy atom. The van der Waals surface area contributed by atoms with Gasteiger partial charge in [0, 0.05) is 13.1 Å². The van der Waals surface area contributed by atoms with Gasteiger partial charge in [-0.3, -0.25) is 4.79 Å². The van der Waals surface area contributed by atoms with Gasteiger partial charge in [-0.15, -0.1) is 5.06 Å². The van der Waals surface area contributed by atoms with Crippen LogP contribution in [0.4, 0.5) is 0 Å². The summed E-state index contributed by atoms with van der Waals surface area (Å²) in [5.74, 6) is -0.185. The molecular formula is C14H17NO3. The van der Waals surface area contributed by atoms with Gasteiger partial charge in [0.15, 0.2) is 0 Å². The molecule has 1 heterocycles. The molecule has 0 amide bonds. The zero-order chi connectivity index (χ0) is 12.8. The summed E-state index contributed by atoms with van der Waals surface area (Å²) >= 11 is 0. The molecule has 2 rings (SSSR count). The highest BCUT2D eigenvalue weighted by atomic mass is 16.7. The van der Waals surface area contributed by atoms with E-state index in [1.54, 1.807) is 5.06 Å². The molecule has 1 fully saturated rings. The average Bonchev–Trinajstić information content (AvgIpc) is 2.42. The molecule has 1 aliphatic rings. The maximum atomic E-state index is 10.8. The van der Waals surface area contributed by atoms with E-state index >= 15 is 0 Å². The molecule has 1 aliphatic heterocycles. The van der Waals surface area contributed by atoms with Gasteiger partial charge < -0.3 is 4.84 Å². The number of hydrogen-bond donors (Lipinski definition) is 0. The van der Waals surface area contributed by atoms with Crippen LogP contribution in [0.5, 0.6) is 0 Å². The van der Waals surface area contributed by atoms with Crippen molar-refractivity contribution in [3.05, 3.63) is 35.9 Å². The Bertz CT molecular complexity index is 397. The van der Waals surface area contributed by atoms with Crippen molar-refractivity contribution in [1.29, 1.82) is 0 Å². The van der Waals surface area contributed by atoms with Gasteiger partial charge >= 0.3 is 5.97 Å². The number of carbonyl (C=O) groups excluding carboxylic acids is 2. The van der Waals surface area contributed by atoms with Gasteiger partial charge in [-0.1, -0.05) is 30.3 Å². The largest absolute Gasteiger partial charge is 0.390 e. The van der Waals surface area contributed by atoms with Crippen molar-refractivity contribution in [2.75, 3.05) is 13.1 Å². The molecule has 0 spiro atoms. The molecule has 0 unspecified atom stereocenters. The molecular weight excluding hydrogens is 230 g/mol. The van der Waals surface area contributed by atoms with E-state index in [1.165, 1.54) is 5.56 Å². The van der Waals surface area contributed by atoms with Crippen molar-refractivity contribution in [3.8, 4) is 0 Å². The Kier molecular flexibility index (Phi) is 4.47. The van der Waals surface area contributed by atoms with E-state index in [2.05, 4.69) is 24.3 Å². The number of piperidine rings is 1. The van der Waals surface area contributed by atoms with Crippen molar-refractivity contribution in [2.24, 2.45) is 5.92 Å². The molecule has 0 radical (unpaired) electrons. The molecule has 96 valence electrons. The standard InChI is InChI=1S/C14H17NO3/c16-11-14(17)18-15-8-6-13(7-9-15)10-12-4-2-1-3-5-12/h1-5,11,13H,6-10H2. The van der Waals surface area contributed by atoms with Crippen LogP contribution in [0.25, 0.3) is 0 Å². The molecule has 1 saturated heterocycles. The van der Waals surface area contributed by atoms with Crippen molar-refractivity contribution in [3.63, 3.8) is 0 Å². The number of aldehydes is 1. The minimum atomic E-state index is -0.809. The molecule has 4 nitrogen and oxygen atoms in total. The summed E-state index contributed by atoms with van der Waals surface area (Å²) in [6, 6.07) is 10.4. The second-order valence-corrected chi connectivity index (χ2v) is 4.59. The van der Waals surface area contributed by atoms with Gasteiger partial charge in [-0.2, -0.15) is 0 Å². The number of nitrogens with zero attached hydrogens (tertiary/aromatic N) is 1. The first-order valence-electron chi connectivity index (χ1n) is 6.24. The first-order valence-corrected chi connectivity index (χ1v) is 6.24. The molecule has 18 heavy (non-hydrogen) atoms. The molecule has 0 N–H and O–H groups in total. The fourth-order valence-corrected chi connectivity index (χ4v) is 2.30. The van der Waals surface area contributed by atoms with Crippen LogP contribution >= 0.6 is 0 Å². The molecule has 0 atom stereocenters. The summed E-state index contributed by atoms with van der Waals surface area (Å²) in [6.07, 6.45) is 3.24. The molecule has 0 bridgehead atoms. The van der Waals surface area contributed by atoms with Crippen LogP contribution in [0.15, 0.2) is 30.3 Å². The maximum absolute atomic E-state index is 10.8. The highest BCUT2D eigenvalue weighted by molar-refractivity contribution is 6.20. The van der Waals surface area contributed by atoms with Gasteiger partial charge in [0.1, 0.15) is 0 Å². The monoisotopic (exact) mass is 247 g/mol. The number of rotatable bonds is 4. The van der Waals surface area contributed by atoms with Gasteiger partial charge in [-0.25, -0.2) is 4.79 Å². The fraction of sp³-hybridized carbons (Fsp3) is 0.429. The summed E-state index contributed by atoms with van der Waals surface area (Å²) in [4.78, 5) is 25.9. The maximum Gasteiger partial charge on any atom is 0.390 e. The van der Waals surface area contributed by atoms with E-state index in [4.69, 9.17) is 4.84 Å². The normalized spacial score (nSPS) is 17.3. The number of benzene rings is 1. The third-order valence-corrected chi connectivity index (χ3v) is 3.26. The lowest BCUT2D eigenvalue weighted by atomic mass is 9.91. The quantitative estimate of drug-likeness (QED) is 0.599. The molecule has 1 aromatic rings. The van der Waals surface area contributed by atoms with Gasteiger partial charge in [0.05, 0.1) is 0 Å². The lowest BCUT2D eigenvalue weighted by Crippen LogP contribution is -2.36. The summed E-state index contributed by atoms with van der Waals surface area (Å²) in [6.45, 7) is 1.41. The van der Waals surface area contributed by atoms with E-state index in [-0.39, 0.29) is 6.29 Å². The number of hydrogen-bond acceptors (Lipinski definition) is 4. The third-order valence-electron chi connectivity index (χ3n) is 3.26. The highest BCUT2D eigenvalue weighted by Crippen LogP contribution is 2.21. The van der Waals surface area contributed by atoms with E-state index in [1.807, 2.05) is 6.07 Å². The minimum absolute atomic E-state index is 0.204. The molecule has 1 aromatic carbocycles. The predicted molar refractivity (Wildman–Crippen MR) is 66.6 cm³/mol. The molecule has 0 aromatic heterocycles. The summed E-state index contributed by atoms with van der Waals surface area (Å²) in [7, 11) is 0. The van der Waals surface area contributed by atoms with Crippen molar-refractivity contribution in [2.45, 2.75) is 19.3 Å². The highest BCUT2D eigenvalue weighted by Gasteiger charge is 2.21. The van der Waals surface area contributed by atoms with Crippen LogP contribution in [0, 0.1) is 5.92 Å². The Balaban J connectivity index is 1.77. The van der Waals surface area contributed by atoms with Crippen LogP contribution in [0.3, 0.4) is 0 Å². The Morgan fingerprint density at radius 1 is 1.28 bits per heavy atom. The lowest BCUT2D eigenvalue weighted by molar-refractivity contribution is -0.194. The van der Waals surface area contributed by atoms with E-state index < -0.39 is 5.97 Å². The van der Waals surface area contributed by atoms with Crippen molar-refractivity contribution in [1.82, 2.24) is 5.06 Å². The summed E-state index contributed by atoms with van der Waals surface area (Å²) in [5.41, 5.74) is 1.35. The Morgan fingerprint density at radius 3 is 2.56 bits per heavy atom. The second kappa shape index (κ2) is 6.31. The zero-order valence-electron chi connectivity index (χ0n) is 10.2. The van der Waals surface area contributed by atoms with Crippen molar-refractivity contribution >= 4 is 12.3 Å². The molecule has 0 saturated carbocycles. The van der Waals surface area contributed by atoms with Crippen LogP contribution in [-0.4, -0.2) is 30.4 Å². The van der Waals surface area contributed by atoms with E-state index in [0.717, 1.165) is 19.3 Å². The smallest absolute Gasteiger partial charge is 0.362 e. The van der Waals surface area contributed by atoms with Crippen molar-refractivity contribution < 1.29 is 14.4 Å². The number of hydroxylamine groups is 2. The summed E-state index contributed by atoms with van der Waals surface area (Å²) in [5, 5.41) is 1.58. The first kappa shape index (κ1) is 12.8. The number of carbonyl (C=O) groups is 2. The van der Waals surface area contributed by atoms with E-state index in [0.29, 0.717) is 19.0 Å². The third kappa shape index (κ3) is 3.67. The lowest BCUT2D eigenvalue weighted by Gasteiger charge is -2.29. The average molecular weight is 247 g/mol. The van der Waals surface area contributed by atoms with Gasteiger partial charge in [0.25, 0.3) is 0 Å². The first-order chi connectivity index (χ1) is 8.78. The van der Waals surface area contributed by atoms with Gasteiger partial charge in [0.2, 0.25) is 6.29 Å². The topological polar surface area (TPSA) is 46.6 Å². The Labute approximate surface area is 106 Å². The summed E-state index contributed by atoms with van der Waals surface area (Å²) < 4.78 is 0. The molecule has 4 heteroatoms. The van der Waals surface area contributed by atoms with Crippen LogP contribution in [-0.2, 0) is 20.8 Å². The zero-order valence-corrected chi connectivity index (χ0v) is 10.2. The fourth-order valence-electron chi connectivity index (χ4n) is 2.30.